The Kier molecular flexibility index (Phi) is 6.51. The number of hydrogen-bond donors (Lipinski definition) is 3. The lowest BCUT2D eigenvalue weighted by molar-refractivity contribution is -0.123. The van der Waals surface area contributed by atoms with Crippen LogP contribution in [0.2, 0.25) is 10.0 Å². The van der Waals surface area contributed by atoms with E-state index in [2.05, 4.69) is 16.0 Å². The molecule has 2 amide bonds. The van der Waals surface area contributed by atoms with E-state index < -0.39 is 5.41 Å². The lowest BCUT2D eigenvalue weighted by Crippen LogP contribution is -2.27. The van der Waals surface area contributed by atoms with Crippen molar-refractivity contribution in [3.05, 3.63) is 52.5 Å². The summed E-state index contributed by atoms with van der Waals surface area (Å²) in [6.45, 7) is 5.55. The monoisotopic (exact) mass is 393 g/mol. The Balaban J connectivity index is 1.94. The fourth-order valence-corrected chi connectivity index (χ4v) is 2.48. The molecule has 2 rings (SSSR count). The molecular weight excluding hydrogens is 373 g/mol. The molecule has 0 aromatic heterocycles. The second-order valence-corrected chi connectivity index (χ2v) is 7.65. The van der Waals surface area contributed by atoms with Crippen molar-refractivity contribution in [1.29, 1.82) is 0 Å². The van der Waals surface area contributed by atoms with Crippen molar-refractivity contribution in [1.82, 2.24) is 0 Å². The molecule has 0 unspecified atom stereocenters. The van der Waals surface area contributed by atoms with Gasteiger partial charge in [-0.1, -0.05) is 50.0 Å². The van der Waals surface area contributed by atoms with Gasteiger partial charge in [-0.25, -0.2) is 0 Å². The van der Waals surface area contributed by atoms with Crippen LogP contribution in [0, 0.1) is 5.41 Å². The fourth-order valence-electron chi connectivity index (χ4n) is 2.01. The standard InChI is InChI=1S/C19H21Cl2N3O2/c1-19(2,3)18(26)24-14-6-4-5-13(10-14)23-17(25)11-22-16-8-7-12(20)9-15(16)21/h4-10,22H,11H2,1-3H3,(H,23,25)(H,24,26). The van der Waals surface area contributed by atoms with Crippen molar-refractivity contribution in [2.24, 2.45) is 5.41 Å². The highest BCUT2D eigenvalue weighted by Gasteiger charge is 2.21. The number of benzene rings is 2. The Bertz CT molecular complexity index is 817. The molecule has 7 heteroatoms. The van der Waals surface area contributed by atoms with Crippen LogP contribution in [0.4, 0.5) is 17.1 Å². The van der Waals surface area contributed by atoms with Gasteiger partial charge in [-0.15, -0.1) is 0 Å². The molecule has 0 aliphatic rings. The Morgan fingerprint density at radius 1 is 0.962 bits per heavy atom. The van der Waals surface area contributed by atoms with Crippen molar-refractivity contribution in [2.75, 3.05) is 22.5 Å². The lowest BCUT2D eigenvalue weighted by atomic mass is 9.95. The third kappa shape index (κ3) is 5.93. The summed E-state index contributed by atoms with van der Waals surface area (Å²) in [4.78, 5) is 24.2. The van der Waals surface area contributed by atoms with E-state index in [1.54, 1.807) is 42.5 Å². The van der Waals surface area contributed by atoms with Crippen molar-refractivity contribution < 1.29 is 9.59 Å². The molecule has 2 aromatic carbocycles. The summed E-state index contributed by atoms with van der Waals surface area (Å²) in [7, 11) is 0. The van der Waals surface area contributed by atoms with E-state index in [-0.39, 0.29) is 18.4 Å². The van der Waals surface area contributed by atoms with E-state index in [0.717, 1.165) is 0 Å². The van der Waals surface area contributed by atoms with Crippen molar-refractivity contribution >= 4 is 52.1 Å². The minimum Gasteiger partial charge on any atom is -0.375 e. The van der Waals surface area contributed by atoms with Gasteiger partial charge in [-0.2, -0.15) is 0 Å². The maximum Gasteiger partial charge on any atom is 0.243 e. The Hall–Kier alpha value is -2.24. The Morgan fingerprint density at radius 3 is 2.23 bits per heavy atom. The highest BCUT2D eigenvalue weighted by Crippen LogP contribution is 2.25. The van der Waals surface area contributed by atoms with Gasteiger partial charge in [0.2, 0.25) is 11.8 Å². The molecule has 0 spiro atoms. The summed E-state index contributed by atoms with van der Waals surface area (Å²) >= 11 is 11.9. The summed E-state index contributed by atoms with van der Waals surface area (Å²) in [5.74, 6) is -0.338. The number of amides is 2. The largest absolute Gasteiger partial charge is 0.375 e. The van der Waals surface area contributed by atoms with Crippen LogP contribution in [0.3, 0.4) is 0 Å². The average Bonchev–Trinajstić information content (AvgIpc) is 2.53. The number of carbonyl (C=O) groups is 2. The quantitative estimate of drug-likeness (QED) is 0.666. The van der Waals surface area contributed by atoms with E-state index in [1.165, 1.54) is 0 Å². The first-order valence-corrected chi connectivity index (χ1v) is 8.81. The van der Waals surface area contributed by atoms with Gasteiger partial charge in [0.1, 0.15) is 0 Å². The molecule has 138 valence electrons. The molecule has 5 nitrogen and oxygen atoms in total. The molecule has 0 radical (unpaired) electrons. The molecule has 0 fully saturated rings. The molecule has 0 heterocycles. The zero-order valence-electron chi connectivity index (χ0n) is 14.8. The summed E-state index contributed by atoms with van der Waals surface area (Å²) < 4.78 is 0. The number of nitrogens with one attached hydrogen (secondary N) is 3. The summed E-state index contributed by atoms with van der Waals surface area (Å²) in [5.41, 5.74) is 1.33. The van der Waals surface area contributed by atoms with E-state index in [0.29, 0.717) is 27.1 Å². The summed E-state index contributed by atoms with van der Waals surface area (Å²) in [5, 5.41) is 9.53. The molecule has 2 aromatic rings. The zero-order valence-corrected chi connectivity index (χ0v) is 16.3. The lowest BCUT2D eigenvalue weighted by Gasteiger charge is -2.18. The van der Waals surface area contributed by atoms with Crippen molar-refractivity contribution in [3.63, 3.8) is 0 Å². The summed E-state index contributed by atoms with van der Waals surface area (Å²) in [6.07, 6.45) is 0. The van der Waals surface area contributed by atoms with Gasteiger partial charge in [-0.3, -0.25) is 9.59 Å². The van der Waals surface area contributed by atoms with E-state index in [9.17, 15) is 9.59 Å². The van der Waals surface area contributed by atoms with Crippen LogP contribution >= 0.6 is 23.2 Å². The minimum absolute atomic E-state index is 0.0416. The first-order valence-electron chi connectivity index (χ1n) is 8.05. The van der Waals surface area contributed by atoms with Gasteiger partial charge < -0.3 is 16.0 Å². The van der Waals surface area contributed by atoms with Crippen LogP contribution in [0.15, 0.2) is 42.5 Å². The molecule has 0 aliphatic heterocycles. The number of hydrogen-bond acceptors (Lipinski definition) is 3. The van der Waals surface area contributed by atoms with Gasteiger partial charge in [0.25, 0.3) is 0 Å². The molecule has 0 bridgehead atoms. The van der Waals surface area contributed by atoms with Crippen molar-refractivity contribution in [2.45, 2.75) is 20.8 Å². The SMILES string of the molecule is CC(C)(C)C(=O)Nc1cccc(NC(=O)CNc2ccc(Cl)cc2Cl)c1. The van der Waals surface area contributed by atoms with Crippen molar-refractivity contribution in [3.8, 4) is 0 Å². The Morgan fingerprint density at radius 2 is 1.62 bits per heavy atom. The van der Waals surface area contributed by atoms with Crippen LogP contribution in [0.1, 0.15) is 20.8 Å². The zero-order chi connectivity index (χ0) is 19.3. The number of halogens is 2. The van der Waals surface area contributed by atoms with Crippen LogP contribution < -0.4 is 16.0 Å². The maximum absolute atomic E-state index is 12.1. The smallest absolute Gasteiger partial charge is 0.243 e. The first kappa shape index (κ1) is 20.1. The van der Waals surface area contributed by atoms with Gasteiger partial charge >= 0.3 is 0 Å². The van der Waals surface area contributed by atoms with Crippen LogP contribution in [-0.4, -0.2) is 18.4 Å². The van der Waals surface area contributed by atoms with Gasteiger partial charge in [-0.05, 0) is 36.4 Å². The number of carbonyl (C=O) groups excluding carboxylic acids is 2. The highest BCUT2D eigenvalue weighted by molar-refractivity contribution is 6.36. The molecule has 0 atom stereocenters. The normalized spacial score (nSPS) is 11.0. The van der Waals surface area contributed by atoms with E-state index in [4.69, 9.17) is 23.2 Å². The minimum atomic E-state index is -0.499. The fraction of sp³-hybridized carbons (Fsp3) is 0.263. The maximum atomic E-state index is 12.1. The van der Waals surface area contributed by atoms with E-state index in [1.807, 2.05) is 20.8 Å². The summed E-state index contributed by atoms with van der Waals surface area (Å²) in [6, 6.07) is 12.0. The molecule has 0 saturated heterocycles. The molecular formula is C19H21Cl2N3O2. The molecule has 3 N–H and O–H groups in total. The van der Waals surface area contributed by atoms with Gasteiger partial charge in [0, 0.05) is 21.8 Å². The predicted molar refractivity (Wildman–Crippen MR) is 108 cm³/mol. The third-order valence-electron chi connectivity index (χ3n) is 3.46. The highest BCUT2D eigenvalue weighted by atomic mass is 35.5. The second kappa shape index (κ2) is 8.43. The number of anilines is 3. The van der Waals surface area contributed by atoms with Gasteiger partial charge in [0.05, 0.1) is 17.3 Å². The molecule has 26 heavy (non-hydrogen) atoms. The van der Waals surface area contributed by atoms with Gasteiger partial charge in [0.15, 0.2) is 0 Å². The Labute approximate surface area is 163 Å². The second-order valence-electron chi connectivity index (χ2n) is 6.81. The molecule has 0 aliphatic carbocycles. The van der Waals surface area contributed by atoms with Crippen LogP contribution in [-0.2, 0) is 9.59 Å². The predicted octanol–water partition coefficient (Wildman–Crippen LogP) is 5.03. The average molecular weight is 394 g/mol. The molecule has 0 saturated carbocycles. The van der Waals surface area contributed by atoms with E-state index >= 15 is 0 Å². The van der Waals surface area contributed by atoms with Crippen LogP contribution in [0.5, 0.6) is 0 Å². The first-order chi connectivity index (χ1) is 12.1. The number of rotatable bonds is 5. The topological polar surface area (TPSA) is 70.2 Å². The van der Waals surface area contributed by atoms with Crippen LogP contribution in [0.25, 0.3) is 0 Å². The third-order valence-corrected chi connectivity index (χ3v) is 4.00.